The van der Waals surface area contributed by atoms with Crippen molar-refractivity contribution in [3.63, 3.8) is 0 Å². The molecule has 2 aromatic carbocycles. The Kier molecular flexibility index (Phi) is 6.68. The first kappa shape index (κ1) is 20.6. The predicted octanol–water partition coefficient (Wildman–Crippen LogP) is 2.78. The molecule has 0 fully saturated rings. The first-order valence-corrected chi connectivity index (χ1v) is 10.3. The predicted molar refractivity (Wildman–Crippen MR) is 105 cm³/mol. The zero-order chi connectivity index (χ0) is 20.0. The summed E-state index contributed by atoms with van der Waals surface area (Å²) in [6.45, 7) is 4.19. The molecule has 27 heavy (non-hydrogen) atoms. The van der Waals surface area contributed by atoms with Crippen LogP contribution in [0.5, 0.6) is 11.5 Å². The Morgan fingerprint density at radius 1 is 1.07 bits per heavy atom. The van der Waals surface area contributed by atoms with Gasteiger partial charge in [0.1, 0.15) is 0 Å². The van der Waals surface area contributed by atoms with Crippen LogP contribution in [0.25, 0.3) is 0 Å². The van der Waals surface area contributed by atoms with Gasteiger partial charge in [-0.3, -0.25) is 9.52 Å². The van der Waals surface area contributed by atoms with E-state index in [9.17, 15) is 13.2 Å². The minimum Gasteiger partial charge on any atom is -0.493 e. The number of carbonyl (C=O) groups is 1. The molecule has 0 aliphatic heterocycles. The Labute approximate surface area is 159 Å². The van der Waals surface area contributed by atoms with Gasteiger partial charge in [-0.25, -0.2) is 8.42 Å². The molecule has 8 heteroatoms. The molecular weight excluding hydrogens is 368 g/mol. The number of methoxy groups -OCH3 is 1. The highest BCUT2D eigenvalue weighted by Gasteiger charge is 2.10. The van der Waals surface area contributed by atoms with Crippen LogP contribution in [-0.2, 0) is 16.6 Å². The van der Waals surface area contributed by atoms with E-state index in [1.165, 1.54) is 12.1 Å². The van der Waals surface area contributed by atoms with Crippen LogP contribution < -0.4 is 19.5 Å². The van der Waals surface area contributed by atoms with Crippen LogP contribution in [0.1, 0.15) is 29.8 Å². The van der Waals surface area contributed by atoms with E-state index in [1.807, 2.05) is 32.0 Å². The second-order valence-corrected chi connectivity index (χ2v) is 8.03. The van der Waals surface area contributed by atoms with Crippen molar-refractivity contribution in [2.24, 2.45) is 0 Å². The van der Waals surface area contributed by atoms with Gasteiger partial charge in [0, 0.05) is 17.8 Å². The van der Waals surface area contributed by atoms with Crippen molar-refractivity contribution in [2.75, 3.05) is 18.1 Å². The summed E-state index contributed by atoms with van der Waals surface area (Å²) in [5.41, 5.74) is 1.70. The molecule has 7 nitrogen and oxygen atoms in total. The zero-order valence-corrected chi connectivity index (χ0v) is 16.6. The first-order valence-electron chi connectivity index (χ1n) is 8.37. The summed E-state index contributed by atoms with van der Waals surface area (Å²) in [7, 11) is -1.78. The number of carbonyl (C=O) groups excluding carboxylic acids is 1. The second-order valence-electron chi connectivity index (χ2n) is 6.29. The minimum absolute atomic E-state index is 0.0320. The summed E-state index contributed by atoms with van der Waals surface area (Å²) >= 11 is 0. The van der Waals surface area contributed by atoms with E-state index < -0.39 is 10.0 Å². The van der Waals surface area contributed by atoms with Gasteiger partial charge >= 0.3 is 0 Å². The lowest BCUT2D eigenvalue weighted by Crippen LogP contribution is -2.22. The van der Waals surface area contributed by atoms with Gasteiger partial charge in [0.25, 0.3) is 5.91 Å². The average Bonchev–Trinajstić information content (AvgIpc) is 2.59. The number of rotatable bonds is 8. The Bertz CT molecular complexity index is 893. The Morgan fingerprint density at radius 3 is 2.30 bits per heavy atom. The number of nitrogens with one attached hydrogen (secondary N) is 2. The van der Waals surface area contributed by atoms with Crippen molar-refractivity contribution >= 4 is 21.6 Å². The summed E-state index contributed by atoms with van der Waals surface area (Å²) in [6, 6.07) is 11.7. The fourth-order valence-corrected chi connectivity index (χ4v) is 2.93. The quantitative estimate of drug-likeness (QED) is 0.720. The standard InChI is InChI=1S/C19H24N2O5S/c1-13(2)26-17-10-5-14(11-18(17)25-3)12-20-19(22)15-6-8-16(9-7-15)21-27(4,23)24/h5-11,13,21H,12H2,1-4H3,(H,20,22). The van der Waals surface area contributed by atoms with Crippen molar-refractivity contribution in [2.45, 2.75) is 26.5 Å². The largest absolute Gasteiger partial charge is 0.493 e. The summed E-state index contributed by atoms with van der Waals surface area (Å²) < 4.78 is 35.8. The number of hydrogen-bond donors (Lipinski definition) is 2. The van der Waals surface area contributed by atoms with Crippen molar-refractivity contribution in [3.05, 3.63) is 53.6 Å². The van der Waals surface area contributed by atoms with Crippen LogP contribution in [0, 0.1) is 0 Å². The Balaban J connectivity index is 2.00. The van der Waals surface area contributed by atoms with Crippen molar-refractivity contribution in [3.8, 4) is 11.5 Å². The molecule has 0 aromatic heterocycles. The molecular formula is C19H24N2O5S. The highest BCUT2D eigenvalue weighted by molar-refractivity contribution is 7.92. The third kappa shape index (κ3) is 6.49. The normalized spacial score (nSPS) is 11.1. The molecule has 0 saturated heterocycles. The molecule has 0 atom stereocenters. The number of benzene rings is 2. The molecule has 0 heterocycles. The van der Waals surface area contributed by atoms with E-state index in [0.717, 1.165) is 11.8 Å². The first-order chi connectivity index (χ1) is 12.7. The number of ether oxygens (including phenoxy) is 2. The summed E-state index contributed by atoms with van der Waals surface area (Å²) in [5, 5.41) is 2.82. The molecule has 0 aliphatic carbocycles. The lowest BCUT2D eigenvalue weighted by Gasteiger charge is -2.14. The lowest BCUT2D eigenvalue weighted by atomic mass is 10.1. The molecule has 0 unspecified atom stereocenters. The average molecular weight is 392 g/mol. The van der Waals surface area contributed by atoms with Gasteiger partial charge in [-0.15, -0.1) is 0 Å². The van der Waals surface area contributed by atoms with Crippen LogP contribution in [0.15, 0.2) is 42.5 Å². The van der Waals surface area contributed by atoms with E-state index in [2.05, 4.69) is 10.0 Å². The molecule has 0 aliphatic rings. The number of hydrogen-bond acceptors (Lipinski definition) is 5. The third-order valence-electron chi connectivity index (χ3n) is 3.49. The monoisotopic (exact) mass is 392 g/mol. The topological polar surface area (TPSA) is 93.7 Å². The van der Waals surface area contributed by atoms with Crippen molar-refractivity contribution in [1.82, 2.24) is 5.32 Å². The smallest absolute Gasteiger partial charge is 0.251 e. The van der Waals surface area contributed by atoms with E-state index >= 15 is 0 Å². The van der Waals surface area contributed by atoms with E-state index in [-0.39, 0.29) is 12.0 Å². The third-order valence-corrected chi connectivity index (χ3v) is 4.10. The van der Waals surface area contributed by atoms with Crippen LogP contribution in [0.3, 0.4) is 0 Å². The summed E-state index contributed by atoms with van der Waals surface area (Å²) in [6.07, 6.45) is 1.10. The van der Waals surface area contributed by atoms with Gasteiger partial charge in [0.2, 0.25) is 10.0 Å². The van der Waals surface area contributed by atoms with Gasteiger partial charge < -0.3 is 14.8 Å². The van der Waals surface area contributed by atoms with Gasteiger partial charge in [-0.1, -0.05) is 6.07 Å². The molecule has 0 radical (unpaired) electrons. The molecule has 0 bridgehead atoms. The van der Waals surface area contributed by atoms with Gasteiger partial charge in [0.15, 0.2) is 11.5 Å². The maximum atomic E-state index is 12.3. The maximum absolute atomic E-state index is 12.3. The minimum atomic E-state index is -3.35. The fourth-order valence-electron chi connectivity index (χ4n) is 2.36. The van der Waals surface area contributed by atoms with E-state index in [0.29, 0.717) is 29.3 Å². The molecule has 2 aromatic rings. The van der Waals surface area contributed by atoms with Gasteiger partial charge in [0.05, 0.1) is 19.5 Å². The summed E-state index contributed by atoms with van der Waals surface area (Å²) in [5.74, 6) is 0.991. The molecule has 0 spiro atoms. The van der Waals surface area contributed by atoms with Crippen molar-refractivity contribution in [1.29, 1.82) is 0 Å². The lowest BCUT2D eigenvalue weighted by molar-refractivity contribution is 0.0951. The number of sulfonamides is 1. The molecule has 2 rings (SSSR count). The number of anilines is 1. The van der Waals surface area contributed by atoms with Gasteiger partial charge in [-0.2, -0.15) is 0 Å². The van der Waals surface area contributed by atoms with Crippen LogP contribution in [-0.4, -0.2) is 33.8 Å². The summed E-state index contributed by atoms with van der Waals surface area (Å²) in [4.78, 5) is 12.3. The Morgan fingerprint density at radius 2 is 1.74 bits per heavy atom. The fraction of sp³-hybridized carbons (Fsp3) is 0.316. The molecule has 2 N–H and O–H groups in total. The molecule has 1 amide bonds. The zero-order valence-electron chi connectivity index (χ0n) is 15.8. The Hall–Kier alpha value is -2.74. The molecule has 0 saturated carbocycles. The van der Waals surface area contributed by atoms with E-state index in [1.54, 1.807) is 19.2 Å². The highest BCUT2D eigenvalue weighted by atomic mass is 32.2. The van der Waals surface area contributed by atoms with Crippen LogP contribution in [0.2, 0.25) is 0 Å². The van der Waals surface area contributed by atoms with Crippen molar-refractivity contribution < 1.29 is 22.7 Å². The van der Waals surface area contributed by atoms with Gasteiger partial charge in [-0.05, 0) is 55.8 Å². The molecule has 146 valence electrons. The second kappa shape index (κ2) is 8.77. The van der Waals surface area contributed by atoms with E-state index in [4.69, 9.17) is 9.47 Å². The maximum Gasteiger partial charge on any atom is 0.251 e. The highest BCUT2D eigenvalue weighted by Crippen LogP contribution is 2.29. The number of amides is 1. The van der Waals surface area contributed by atoms with Crippen LogP contribution >= 0.6 is 0 Å². The van der Waals surface area contributed by atoms with Crippen LogP contribution in [0.4, 0.5) is 5.69 Å². The SMILES string of the molecule is COc1cc(CNC(=O)c2ccc(NS(C)(=O)=O)cc2)ccc1OC(C)C.